The van der Waals surface area contributed by atoms with Gasteiger partial charge < -0.3 is 0 Å². The van der Waals surface area contributed by atoms with Crippen molar-refractivity contribution in [3.05, 3.63) is 112 Å². The summed E-state index contributed by atoms with van der Waals surface area (Å²) in [5, 5.41) is 26.8. The van der Waals surface area contributed by atoms with E-state index in [0.717, 1.165) is 42.5 Å². The molecule has 0 aliphatic heterocycles. The van der Waals surface area contributed by atoms with Crippen molar-refractivity contribution in [3.8, 4) is 6.07 Å². The Morgan fingerprint density at radius 2 is 0.968 bits per heavy atom. The standard InChI is InChI=1S/C8H7FS2.C7H3NS2.C7H6O2S3.C6H3FS2.C6H3NO2S2.5C2H6/c1-4-5(2)10-6-3-7(9)11-8(4)6;8-4-5-3-7-6(10-5)1-2-9-7;1-12(8,9)7-4-6-5(11-7)2-3-10-6;7-6-3-5-4(9-6)1-2-8-5;8-7(9)6-3-5-4(11-6)1-2-10-5;5*1-2/h3H,1-2H3;1-3H;2-4H,1H3;1-3H;1-3H;5*1-2H3. The fourth-order valence-corrected chi connectivity index (χ4v) is 15.4. The lowest BCUT2D eigenvalue weighted by molar-refractivity contribution is -0.380. The largest absolute Gasteiger partial charge is 0.326 e. The summed E-state index contributed by atoms with van der Waals surface area (Å²) < 4.78 is 58.6. The number of sulfone groups is 1. The molecule has 10 heterocycles. The average Bonchev–Trinajstić information content (AvgIpc) is 4.11. The molecule has 63 heavy (non-hydrogen) atoms. The van der Waals surface area contributed by atoms with Crippen LogP contribution in [-0.2, 0) is 9.84 Å². The molecule has 10 rings (SSSR count). The number of halogens is 2. The normalized spacial score (nSPS) is 9.75. The first kappa shape index (κ1) is 58.0. The molecule has 19 heteroatoms. The van der Waals surface area contributed by atoms with Crippen LogP contribution in [0.1, 0.15) is 84.6 Å². The molecule has 0 aromatic carbocycles. The number of thiophene rings is 10. The first-order chi connectivity index (χ1) is 30.3. The van der Waals surface area contributed by atoms with Gasteiger partial charge in [-0.1, -0.05) is 80.6 Å². The predicted octanol–water partition coefficient (Wildman–Crippen LogP) is 20.0. The van der Waals surface area contributed by atoms with E-state index in [4.69, 9.17) is 5.26 Å². The van der Waals surface area contributed by atoms with Crippen molar-refractivity contribution in [3.63, 3.8) is 0 Å². The summed E-state index contributed by atoms with van der Waals surface area (Å²) in [6.45, 7) is 24.1. The quantitative estimate of drug-likeness (QED) is 0.127. The number of fused-ring (bicyclic) bond motifs is 5. The highest BCUT2D eigenvalue weighted by Crippen LogP contribution is 2.37. The van der Waals surface area contributed by atoms with E-state index in [2.05, 4.69) is 13.0 Å². The van der Waals surface area contributed by atoms with E-state index in [1.54, 1.807) is 80.9 Å². The van der Waals surface area contributed by atoms with Crippen LogP contribution >= 0.6 is 113 Å². The fraction of sp³-hybridized carbons (Fsp3) is 0.295. The van der Waals surface area contributed by atoms with Crippen LogP contribution in [-0.4, -0.2) is 19.6 Å². The summed E-state index contributed by atoms with van der Waals surface area (Å²) in [7, 11) is -3.01. The second kappa shape index (κ2) is 30.3. The summed E-state index contributed by atoms with van der Waals surface area (Å²) in [5.41, 5.74) is 1.24. The van der Waals surface area contributed by atoms with E-state index in [-0.39, 0.29) is 20.2 Å². The second-order valence-electron chi connectivity index (χ2n) is 10.6. The molecular weight excluding hydrogens is 1010 g/mol. The molecular formula is C44H52F2N2O4S11. The maximum atomic E-state index is 12.7. The van der Waals surface area contributed by atoms with E-state index >= 15 is 0 Å². The van der Waals surface area contributed by atoms with Crippen molar-refractivity contribution >= 4 is 175 Å². The van der Waals surface area contributed by atoms with Crippen LogP contribution in [0.5, 0.6) is 0 Å². The molecule has 0 spiro atoms. The molecule has 0 N–H and O–H groups in total. The minimum absolute atomic E-state index is 0.0747. The Bertz CT molecular complexity index is 2840. The van der Waals surface area contributed by atoms with Crippen LogP contribution < -0.4 is 0 Å². The number of rotatable bonds is 2. The summed E-state index contributed by atoms with van der Waals surface area (Å²) in [6.07, 6.45) is 1.24. The highest BCUT2D eigenvalue weighted by Gasteiger charge is 2.13. The molecule has 0 radical (unpaired) electrons. The molecule has 10 aromatic rings. The van der Waals surface area contributed by atoms with Gasteiger partial charge in [0.15, 0.2) is 20.1 Å². The molecule has 6 nitrogen and oxygen atoms in total. The Balaban J connectivity index is 0.000000375. The minimum Gasteiger partial charge on any atom is -0.258 e. The van der Waals surface area contributed by atoms with Gasteiger partial charge in [0.05, 0.1) is 19.0 Å². The Kier molecular flexibility index (Phi) is 27.9. The van der Waals surface area contributed by atoms with Gasteiger partial charge in [-0.2, -0.15) is 14.0 Å². The van der Waals surface area contributed by atoms with Crippen LogP contribution in [0.4, 0.5) is 13.8 Å². The van der Waals surface area contributed by atoms with Crippen molar-refractivity contribution < 1.29 is 22.1 Å². The Morgan fingerprint density at radius 3 is 1.38 bits per heavy atom. The third-order valence-electron chi connectivity index (χ3n) is 6.95. The second-order valence-corrected chi connectivity index (χ2v) is 23.1. The maximum Gasteiger partial charge on any atom is 0.326 e. The highest BCUT2D eigenvalue weighted by atomic mass is 32.2. The molecule has 0 bridgehead atoms. The van der Waals surface area contributed by atoms with Crippen LogP contribution in [0, 0.1) is 45.6 Å². The van der Waals surface area contributed by atoms with Crippen LogP contribution in [0.2, 0.25) is 0 Å². The van der Waals surface area contributed by atoms with E-state index < -0.39 is 9.84 Å². The van der Waals surface area contributed by atoms with Gasteiger partial charge >= 0.3 is 5.00 Å². The Hall–Kier alpha value is -3.00. The van der Waals surface area contributed by atoms with Crippen molar-refractivity contribution in [1.82, 2.24) is 0 Å². The molecule has 0 fully saturated rings. The number of hydrogen-bond donors (Lipinski definition) is 0. The summed E-state index contributed by atoms with van der Waals surface area (Å²) >= 11 is 14.6. The molecule has 0 atom stereocenters. The van der Waals surface area contributed by atoms with E-state index in [1.165, 1.54) is 82.8 Å². The molecule has 342 valence electrons. The van der Waals surface area contributed by atoms with E-state index in [9.17, 15) is 27.3 Å². The summed E-state index contributed by atoms with van der Waals surface area (Å²) in [5.74, 6) is 0. The van der Waals surface area contributed by atoms with Crippen LogP contribution in [0.25, 0.3) is 47.0 Å². The van der Waals surface area contributed by atoms with Gasteiger partial charge in [-0.3, -0.25) is 10.1 Å². The SMILES string of the molecule is CC.CC.CC.CC.CC.CS(=O)(=O)c1cc2sccc2s1.Cc1sc2cc(F)sc2c1C.Fc1cc2sccc2s1.N#Cc1cc2sccc2s1.O=[N+]([O-])c1cc2sccc2s1. The monoisotopic (exact) mass is 1060 g/mol. The summed E-state index contributed by atoms with van der Waals surface area (Å²) in [4.78, 5) is 12.0. The zero-order valence-corrected chi connectivity index (χ0v) is 46.3. The number of hydrogen-bond acceptors (Lipinski definition) is 15. The lowest BCUT2D eigenvalue weighted by atomic mass is 10.3. The maximum absolute atomic E-state index is 12.7. The van der Waals surface area contributed by atoms with Crippen LogP contribution in [0.3, 0.4) is 0 Å². The highest BCUT2D eigenvalue weighted by molar-refractivity contribution is 7.93. The van der Waals surface area contributed by atoms with Gasteiger partial charge in [0.2, 0.25) is 0 Å². The van der Waals surface area contributed by atoms with E-state index in [0.29, 0.717) is 4.21 Å². The van der Waals surface area contributed by atoms with Crippen LogP contribution in [0.15, 0.2) is 80.3 Å². The Morgan fingerprint density at radius 1 is 0.556 bits per heavy atom. The van der Waals surface area contributed by atoms with Gasteiger partial charge in [0.1, 0.15) is 15.2 Å². The first-order valence-corrected chi connectivity index (χ1v) is 30.0. The molecule has 10 aromatic heterocycles. The smallest absolute Gasteiger partial charge is 0.258 e. The zero-order valence-electron chi connectivity index (χ0n) is 37.3. The third kappa shape index (κ3) is 17.4. The fourth-order valence-electron chi connectivity index (χ4n) is 4.41. The Labute approximate surface area is 410 Å². The van der Waals surface area contributed by atoms with Gasteiger partial charge in [0, 0.05) is 62.2 Å². The molecule has 0 aliphatic rings. The summed E-state index contributed by atoms with van der Waals surface area (Å²) in [6, 6.07) is 18.4. The first-order valence-electron chi connectivity index (χ1n) is 19.7. The lowest BCUT2D eigenvalue weighted by Gasteiger charge is -1.87. The predicted molar refractivity (Wildman–Crippen MR) is 289 cm³/mol. The van der Waals surface area contributed by atoms with Crippen molar-refractivity contribution in [1.29, 1.82) is 5.26 Å². The number of nitro groups is 1. The number of aryl methyl sites for hydroxylation is 2. The molecule has 0 saturated heterocycles. The topological polar surface area (TPSA) is 101 Å². The van der Waals surface area contributed by atoms with Gasteiger partial charge in [-0.05, 0) is 77.3 Å². The van der Waals surface area contributed by atoms with Gasteiger partial charge in [0.25, 0.3) is 0 Å². The average molecular weight is 1060 g/mol. The minimum atomic E-state index is -3.01. The van der Waals surface area contributed by atoms with Crippen molar-refractivity contribution in [2.24, 2.45) is 0 Å². The van der Waals surface area contributed by atoms with Gasteiger partial charge in [-0.25, -0.2) is 8.42 Å². The molecule has 0 unspecified atom stereocenters. The van der Waals surface area contributed by atoms with Gasteiger partial charge in [-0.15, -0.1) is 102 Å². The van der Waals surface area contributed by atoms with Crippen molar-refractivity contribution in [2.75, 3.05) is 6.26 Å². The molecule has 0 saturated carbocycles. The third-order valence-corrected chi connectivity index (χ3v) is 19.1. The van der Waals surface area contributed by atoms with Crippen molar-refractivity contribution in [2.45, 2.75) is 87.3 Å². The number of nitriles is 1. The molecule has 0 aliphatic carbocycles. The van der Waals surface area contributed by atoms with E-state index in [1.807, 2.05) is 128 Å². The molecule has 0 amide bonds. The zero-order chi connectivity index (χ0) is 47.9. The lowest BCUT2D eigenvalue weighted by Crippen LogP contribution is -1.91. The number of nitrogens with zero attached hydrogens (tertiary/aromatic N) is 2.